The van der Waals surface area contributed by atoms with Crippen molar-refractivity contribution in [3.05, 3.63) is 80.5 Å². The van der Waals surface area contributed by atoms with Gasteiger partial charge in [0.05, 0.1) is 18.2 Å². The normalized spacial score (nSPS) is 10.6. The fourth-order valence-electron chi connectivity index (χ4n) is 3.35. The van der Waals surface area contributed by atoms with Gasteiger partial charge in [0.25, 0.3) is 11.6 Å². The maximum Gasteiger partial charge on any atom is 0.288 e. The number of pyridine rings is 1. The number of fused-ring (bicyclic) bond motifs is 1. The number of benzene rings is 2. The number of nitrogens with one attached hydrogen (secondary N) is 1. The molecule has 164 valence electrons. The van der Waals surface area contributed by atoms with Crippen molar-refractivity contribution in [2.45, 2.75) is 6.92 Å². The van der Waals surface area contributed by atoms with E-state index in [0.29, 0.717) is 17.1 Å². The van der Waals surface area contributed by atoms with E-state index in [1.807, 2.05) is 25.1 Å². The van der Waals surface area contributed by atoms with Crippen molar-refractivity contribution in [1.82, 2.24) is 14.8 Å². The van der Waals surface area contributed by atoms with Gasteiger partial charge in [-0.05, 0) is 36.8 Å². The number of rotatable bonds is 5. The molecule has 0 saturated heterocycles. The number of carbonyl (C=O) groups is 1. The molecule has 0 aliphatic heterocycles. The minimum Gasteiger partial charge on any atom is -0.494 e. The average molecular weight is 463 g/mol. The second kappa shape index (κ2) is 8.57. The first-order chi connectivity index (χ1) is 15.8. The molecule has 0 aliphatic rings. The molecule has 0 spiro atoms. The molecule has 0 radical (unpaired) electrons. The Morgan fingerprint density at radius 3 is 2.79 bits per heavy atom. The van der Waals surface area contributed by atoms with Gasteiger partial charge in [0, 0.05) is 17.0 Å². The van der Waals surface area contributed by atoms with Crippen LogP contribution < -0.4 is 10.1 Å². The van der Waals surface area contributed by atoms with E-state index < -0.39 is 16.5 Å². The SMILES string of the molecule is COc1cccc2c(C)cc(-n3ncc(C#N)c3NC(=O)c3ccc(Cl)c([N+](=O)[O-])c3)nc12. The van der Waals surface area contributed by atoms with Gasteiger partial charge >= 0.3 is 0 Å². The van der Waals surface area contributed by atoms with Crippen molar-refractivity contribution >= 4 is 39.9 Å². The van der Waals surface area contributed by atoms with Gasteiger partial charge in [0.15, 0.2) is 11.6 Å². The van der Waals surface area contributed by atoms with Crippen molar-refractivity contribution in [3.63, 3.8) is 0 Å². The van der Waals surface area contributed by atoms with Crippen LogP contribution in [-0.2, 0) is 0 Å². The van der Waals surface area contributed by atoms with Crippen LogP contribution in [0.2, 0.25) is 5.02 Å². The number of nitriles is 1. The number of methoxy groups -OCH3 is 1. The molecule has 10 nitrogen and oxygen atoms in total. The molecular weight excluding hydrogens is 448 g/mol. The molecule has 1 amide bonds. The van der Waals surface area contributed by atoms with Crippen LogP contribution in [0.3, 0.4) is 0 Å². The summed E-state index contributed by atoms with van der Waals surface area (Å²) in [7, 11) is 1.54. The standard InChI is InChI=1S/C22H15ClN6O4/c1-12-8-19(26-20-15(12)4-3-5-18(20)33-2)28-21(14(10-24)11-25-28)27-22(30)13-6-7-16(23)17(9-13)29(31)32/h3-9,11H,1-2H3,(H,27,30). The molecule has 0 bridgehead atoms. The number of nitrogens with zero attached hydrogens (tertiary/aromatic N) is 5. The number of hydrogen-bond acceptors (Lipinski definition) is 7. The maximum atomic E-state index is 12.9. The fraction of sp³-hybridized carbons (Fsp3) is 0.0909. The first-order valence-corrected chi connectivity index (χ1v) is 9.90. The number of ether oxygens (including phenoxy) is 1. The Bertz CT molecular complexity index is 1470. The highest BCUT2D eigenvalue weighted by Gasteiger charge is 2.21. The van der Waals surface area contributed by atoms with Gasteiger partial charge in [-0.25, -0.2) is 4.98 Å². The predicted molar refractivity (Wildman–Crippen MR) is 121 cm³/mol. The second-order valence-corrected chi connectivity index (χ2v) is 7.37. The van der Waals surface area contributed by atoms with Crippen molar-refractivity contribution in [2.75, 3.05) is 12.4 Å². The maximum absolute atomic E-state index is 12.9. The largest absolute Gasteiger partial charge is 0.494 e. The Labute approximate surface area is 192 Å². The molecule has 0 atom stereocenters. The molecule has 0 fully saturated rings. The summed E-state index contributed by atoms with van der Waals surface area (Å²) in [4.78, 5) is 28.0. The number of amides is 1. The van der Waals surface area contributed by atoms with Crippen LogP contribution in [-0.4, -0.2) is 32.7 Å². The van der Waals surface area contributed by atoms with Gasteiger partial charge < -0.3 is 10.1 Å². The number of aromatic nitrogens is 3. The lowest BCUT2D eigenvalue weighted by atomic mass is 10.1. The van der Waals surface area contributed by atoms with Crippen molar-refractivity contribution < 1.29 is 14.5 Å². The number of para-hydroxylation sites is 1. The summed E-state index contributed by atoms with van der Waals surface area (Å²) < 4.78 is 6.73. The summed E-state index contributed by atoms with van der Waals surface area (Å²) in [6.07, 6.45) is 1.30. The molecular formula is C22H15ClN6O4. The van der Waals surface area contributed by atoms with Gasteiger partial charge in [0.1, 0.15) is 27.9 Å². The lowest BCUT2D eigenvalue weighted by Gasteiger charge is -2.12. The van der Waals surface area contributed by atoms with Crippen LogP contribution in [0.25, 0.3) is 16.7 Å². The zero-order valence-electron chi connectivity index (χ0n) is 17.4. The van der Waals surface area contributed by atoms with Gasteiger partial charge in [-0.2, -0.15) is 15.0 Å². The quantitative estimate of drug-likeness (QED) is 0.342. The van der Waals surface area contributed by atoms with Crippen LogP contribution >= 0.6 is 11.6 Å². The lowest BCUT2D eigenvalue weighted by molar-refractivity contribution is -0.384. The zero-order valence-corrected chi connectivity index (χ0v) is 18.1. The molecule has 0 unspecified atom stereocenters. The molecule has 4 rings (SSSR count). The van der Waals surface area contributed by atoms with Crippen molar-refractivity contribution in [3.8, 4) is 17.6 Å². The molecule has 33 heavy (non-hydrogen) atoms. The Kier molecular flexibility index (Phi) is 5.64. The topological polar surface area (TPSA) is 136 Å². The van der Waals surface area contributed by atoms with E-state index in [1.165, 1.54) is 30.1 Å². The van der Waals surface area contributed by atoms with Crippen LogP contribution in [0.4, 0.5) is 11.5 Å². The first kappa shape index (κ1) is 21.7. The molecule has 0 aliphatic carbocycles. The zero-order chi connectivity index (χ0) is 23.7. The fourth-order valence-corrected chi connectivity index (χ4v) is 3.53. The smallest absolute Gasteiger partial charge is 0.288 e. The highest BCUT2D eigenvalue weighted by atomic mass is 35.5. The van der Waals surface area contributed by atoms with Gasteiger partial charge in [-0.3, -0.25) is 14.9 Å². The third-order valence-corrected chi connectivity index (χ3v) is 5.28. The van der Waals surface area contributed by atoms with E-state index in [9.17, 15) is 20.2 Å². The summed E-state index contributed by atoms with van der Waals surface area (Å²) in [5.41, 5.74) is 1.15. The van der Waals surface area contributed by atoms with Gasteiger partial charge in [0.2, 0.25) is 0 Å². The van der Waals surface area contributed by atoms with Crippen LogP contribution in [0.1, 0.15) is 21.5 Å². The minimum atomic E-state index is -0.681. The number of anilines is 1. The van der Waals surface area contributed by atoms with Crippen LogP contribution in [0, 0.1) is 28.4 Å². The van der Waals surface area contributed by atoms with Crippen LogP contribution in [0.5, 0.6) is 5.75 Å². The number of halogens is 1. The van der Waals surface area contributed by atoms with E-state index in [2.05, 4.69) is 15.4 Å². The number of nitro groups is 1. The molecule has 4 aromatic rings. The Morgan fingerprint density at radius 1 is 1.30 bits per heavy atom. The highest BCUT2D eigenvalue weighted by molar-refractivity contribution is 6.32. The molecule has 2 aromatic carbocycles. The number of hydrogen-bond donors (Lipinski definition) is 1. The van der Waals surface area contributed by atoms with Gasteiger partial charge in [-0.15, -0.1) is 0 Å². The van der Waals surface area contributed by atoms with E-state index in [0.717, 1.165) is 17.0 Å². The van der Waals surface area contributed by atoms with Crippen molar-refractivity contribution in [2.24, 2.45) is 0 Å². The Hall–Kier alpha value is -4.49. The van der Waals surface area contributed by atoms with E-state index in [4.69, 9.17) is 16.3 Å². The first-order valence-electron chi connectivity index (χ1n) is 9.52. The summed E-state index contributed by atoms with van der Waals surface area (Å²) in [6.45, 7) is 1.90. The molecule has 11 heteroatoms. The Balaban J connectivity index is 1.80. The summed E-state index contributed by atoms with van der Waals surface area (Å²) in [5, 5.41) is 28.3. The average Bonchev–Trinajstić information content (AvgIpc) is 3.21. The molecule has 1 N–H and O–H groups in total. The third kappa shape index (κ3) is 3.93. The van der Waals surface area contributed by atoms with E-state index in [1.54, 1.807) is 12.1 Å². The lowest BCUT2D eigenvalue weighted by Crippen LogP contribution is -2.17. The number of aryl methyl sites for hydroxylation is 1. The third-order valence-electron chi connectivity index (χ3n) is 4.96. The minimum absolute atomic E-state index is 0.00735. The second-order valence-electron chi connectivity index (χ2n) is 6.96. The summed E-state index contributed by atoms with van der Waals surface area (Å²) in [5.74, 6) is 0.303. The molecule has 0 saturated carbocycles. The predicted octanol–water partition coefficient (Wildman–Crippen LogP) is 4.42. The number of nitro benzene ring substituents is 1. The summed E-state index contributed by atoms with van der Waals surface area (Å²) >= 11 is 5.83. The van der Waals surface area contributed by atoms with Crippen molar-refractivity contribution in [1.29, 1.82) is 5.26 Å². The molecule has 2 heterocycles. The van der Waals surface area contributed by atoms with E-state index >= 15 is 0 Å². The molecule has 2 aromatic heterocycles. The van der Waals surface area contributed by atoms with Crippen LogP contribution in [0.15, 0.2) is 48.7 Å². The van der Waals surface area contributed by atoms with E-state index in [-0.39, 0.29) is 22.0 Å². The summed E-state index contributed by atoms with van der Waals surface area (Å²) in [6, 6.07) is 12.9. The highest BCUT2D eigenvalue weighted by Crippen LogP contribution is 2.30. The Morgan fingerprint density at radius 2 is 2.09 bits per heavy atom. The number of carbonyl (C=O) groups excluding carboxylic acids is 1. The van der Waals surface area contributed by atoms with Gasteiger partial charge in [-0.1, -0.05) is 23.7 Å². The monoisotopic (exact) mass is 462 g/mol.